The first-order valence-electron chi connectivity index (χ1n) is 7.09. The van der Waals surface area contributed by atoms with Crippen molar-refractivity contribution in [1.29, 1.82) is 0 Å². The molecule has 6 nitrogen and oxygen atoms in total. The van der Waals surface area contributed by atoms with Crippen molar-refractivity contribution in [2.45, 2.75) is 0 Å². The number of carbonyl (C=O) groups is 2. The van der Waals surface area contributed by atoms with Gasteiger partial charge in [0.05, 0.1) is 19.9 Å². The number of halogens is 1. The monoisotopic (exact) mass is 345 g/mol. The van der Waals surface area contributed by atoms with Gasteiger partial charge in [0.25, 0.3) is 11.8 Å². The van der Waals surface area contributed by atoms with Crippen LogP contribution in [-0.2, 0) is 4.79 Å². The van der Waals surface area contributed by atoms with E-state index >= 15 is 0 Å². The molecule has 0 saturated carbocycles. The van der Waals surface area contributed by atoms with E-state index in [0.29, 0.717) is 16.3 Å². The number of methoxy groups -OCH3 is 1. The van der Waals surface area contributed by atoms with Gasteiger partial charge < -0.3 is 10.1 Å². The first kappa shape index (κ1) is 17.5. The van der Waals surface area contributed by atoms with Crippen LogP contribution < -0.4 is 15.5 Å². The maximum Gasteiger partial charge on any atom is 0.259 e. The highest BCUT2D eigenvalue weighted by Gasteiger charge is 2.07. The Bertz CT molecular complexity index is 762. The number of ether oxygens (including phenoxy) is 1. The van der Waals surface area contributed by atoms with E-state index in [4.69, 9.17) is 16.3 Å². The highest BCUT2D eigenvalue weighted by atomic mass is 35.5. The van der Waals surface area contributed by atoms with Crippen LogP contribution in [0, 0.1) is 0 Å². The molecule has 0 atom stereocenters. The summed E-state index contributed by atoms with van der Waals surface area (Å²) in [6.07, 6.45) is 1.47. The minimum Gasteiger partial charge on any atom is -0.496 e. The maximum atomic E-state index is 11.9. The molecule has 24 heavy (non-hydrogen) atoms. The number of nitrogens with zero attached hydrogens (tertiary/aromatic N) is 1. The molecule has 0 heterocycles. The predicted molar refractivity (Wildman–Crippen MR) is 92.5 cm³/mol. The molecule has 0 unspecified atom stereocenters. The fraction of sp³-hybridized carbons (Fsp3) is 0.118. The molecule has 2 rings (SSSR count). The molecule has 2 amide bonds. The van der Waals surface area contributed by atoms with Gasteiger partial charge in [0.15, 0.2) is 0 Å². The molecule has 2 N–H and O–H groups in total. The summed E-state index contributed by atoms with van der Waals surface area (Å²) < 4.78 is 5.17. The van der Waals surface area contributed by atoms with Gasteiger partial charge in [0, 0.05) is 16.1 Å². The molecule has 2 aromatic carbocycles. The molecule has 124 valence electrons. The Morgan fingerprint density at radius 1 is 1.21 bits per heavy atom. The van der Waals surface area contributed by atoms with Crippen molar-refractivity contribution in [3.05, 3.63) is 64.7 Å². The molecule has 0 spiro atoms. The van der Waals surface area contributed by atoms with Crippen molar-refractivity contribution in [2.75, 3.05) is 13.7 Å². The zero-order valence-corrected chi connectivity index (χ0v) is 13.7. The third-order valence-electron chi connectivity index (χ3n) is 3.03. The SMILES string of the molecule is COc1ccccc1/C=N\NC(=O)CNC(=O)c1cccc(Cl)c1. The lowest BCUT2D eigenvalue weighted by Gasteiger charge is -2.05. The first-order chi connectivity index (χ1) is 11.6. The minimum atomic E-state index is -0.448. The van der Waals surface area contributed by atoms with E-state index in [0.717, 1.165) is 5.56 Å². The number of benzene rings is 2. The van der Waals surface area contributed by atoms with Crippen LogP contribution >= 0.6 is 11.6 Å². The predicted octanol–water partition coefficient (Wildman–Crippen LogP) is 2.23. The Labute approximate surface area is 144 Å². The Kier molecular flexibility index (Phi) is 6.33. The third kappa shape index (κ3) is 5.10. The average Bonchev–Trinajstić information content (AvgIpc) is 2.60. The molecule has 0 radical (unpaired) electrons. The molecule has 7 heteroatoms. The van der Waals surface area contributed by atoms with Crippen LogP contribution in [0.15, 0.2) is 53.6 Å². The van der Waals surface area contributed by atoms with Crippen LogP contribution in [0.2, 0.25) is 5.02 Å². The Balaban J connectivity index is 1.83. The lowest BCUT2D eigenvalue weighted by molar-refractivity contribution is -0.120. The van der Waals surface area contributed by atoms with Crippen molar-refractivity contribution in [2.24, 2.45) is 5.10 Å². The second-order valence-corrected chi connectivity index (χ2v) is 5.16. The van der Waals surface area contributed by atoms with Crippen LogP contribution in [0.3, 0.4) is 0 Å². The Morgan fingerprint density at radius 3 is 2.75 bits per heavy atom. The summed E-state index contributed by atoms with van der Waals surface area (Å²) in [5, 5.41) is 6.78. The van der Waals surface area contributed by atoms with Crippen molar-refractivity contribution in [1.82, 2.24) is 10.7 Å². The molecule has 0 aromatic heterocycles. The molecule has 2 aromatic rings. The number of rotatable bonds is 6. The van der Waals surface area contributed by atoms with E-state index in [1.807, 2.05) is 12.1 Å². The highest BCUT2D eigenvalue weighted by Crippen LogP contribution is 2.14. The summed E-state index contributed by atoms with van der Waals surface area (Å²) in [5.74, 6) is -0.192. The van der Waals surface area contributed by atoms with Gasteiger partial charge in [-0.25, -0.2) is 5.43 Å². The number of carbonyl (C=O) groups excluding carboxylic acids is 2. The molecule has 0 aliphatic heterocycles. The highest BCUT2D eigenvalue weighted by molar-refractivity contribution is 6.30. The van der Waals surface area contributed by atoms with Crippen LogP contribution in [0.25, 0.3) is 0 Å². The maximum absolute atomic E-state index is 11.9. The van der Waals surface area contributed by atoms with Crippen LogP contribution in [0.5, 0.6) is 5.75 Å². The molecule has 0 bridgehead atoms. The smallest absolute Gasteiger partial charge is 0.259 e. The van der Waals surface area contributed by atoms with E-state index in [1.54, 1.807) is 37.4 Å². The normalized spacial score (nSPS) is 10.4. The van der Waals surface area contributed by atoms with Gasteiger partial charge in [-0.15, -0.1) is 0 Å². The largest absolute Gasteiger partial charge is 0.496 e. The van der Waals surface area contributed by atoms with E-state index in [2.05, 4.69) is 15.8 Å². The summed E-state index contributed by atoms with van der Waals surface area (Å²) in [6.45, 7) is -0.200. The van der Waals surface area contributed by atoms with Gasteiger partial charge in [-0.1, -0.05) is 29.8 Å². The first-order valence-corrected chi connectivity index (χ1v) is 7.46. The van der Waals surface area contributed by atoms with Crippen molar-refractivity contribution < 1.29 is 14.3 Å². The molecule has 0 aliphatic rings. The zero-order chi connectivity index (χ0) is 17.4. The molecule has 0 saturated heterocycles. The number of amides is 2. The standard InChI is InChI=1S/C17H16ClN3O3/c1-24-15-8-3-2-5-13(15)10-20-21-16(22)11-19-17(23)12-6-4-7-14(18)9-12/h2-10H,11H2,1H3,(H,19,23)(H,21,22)/b20-10-. The van der Waals surface area contributed by atoms with E-state index in [-0.39, 0.29) is 12.5 Å². The van der Waals surface area contributed by atoms with Gasteiger partial charge in [-0.05, 0) is 30.3 Å². The summed E-state index contributed by atoms with van der Waals surface area (Å²) >= 11 is 5.81. The van der Waals surface area contributed by atoms with Crippen LogP contribution in [0.4, 0.5) is 0 Å². The molecule has 0 fully saturated rings. The van der Waals surface area contributed by atoms with Gasteiger partial charge in [0.2, 0.25) is 0 Å². The molecular weight excluding hydrogens is 330 g/mol. The Morgan fingerprint density at radius 2 is 2.00 bits per heavy atom. The van der Waals surface area contributed by atoms with Gasteiger partial charge in [0.1, 0.15) is 5.75 Å². The van der Waals surface area contributed by atoms with E-state index in [1.165, 1.54) is 12.3 Å². The lowest BCUT2D eigenvalue weighted by Crippen LogP contribution is -2.34. The number of para-hydroxylation sites is 1. The number of hydrogen-bond donors (Lipinski definition) is 2. The fourth-order valence-electron chi connectivity index (χ4n) is 1.88. The van der Waals surface area contributed by atoms with Crippen LogP contribution in [-0.4, -0.2) is 31.7 Å². The second kappa shape index (κ2) is 8.69. The molecule has 0 aliphatic carbocycles. The summed E-state index contributed by atoms with van der Waals surface area (Å²) in [4.78, 5) is 23.6. The quantitative estimate of drug-likeness (QED) is 0.622. The fourth-order valence-corrected chi connectivity index (χ4v) is 2.07. The lowest BCUT2D eigenvalue weighted by atomic mass is 10.2. The number of hydrogen-bond acceptors (Lipinski definition) is 4. The summed E-state index contributed by atoms with van der Waals surface area (Å²) in [5.41, 5.74) is 3.44. The van der Waals surface area contributed by atoms with Gasteiger partial charge in [-0.3, -0.25) is 9.59 Å². The topological polar surface area (TPSA) is 79.8 Å². The minimum absolute atomic E-state index is 0.200. The Hall–Kier alpha value is -2.86. The van der Waals surface area contributed by atoms with Gasteiger partial charge >= 0.3 is 0 Å². The van der Waals surface area contributed by atoms with E-state index < -0.39 is 5.91 Å². The van der Waals surface area contributed by atoms with Crippen molar-refractivity contribution >= 4 is 29.6 Å². The third-order valence-corrected chi connectivity index (χ3v) is 3.26. The number of nitrogens with one attached hydrogen (secondary N) is 2. The van der Waals surface area contributed by atoms with Gasteiger partial charge in [-0.2, -0.15) is 5.10 Å². The van der Waals surface area contributed by atoms with Crippen molar-refractivity contribution in [3.63, 3.8) is 0 Å². The zero-order valence-electron chi connectivity index (χ0n) is 13.0. The molecular formula is C17H16ClN3O3. The van der Waals surface area contributed by atoms with E-state index in [9.17, 15) is 9.59 Å². The summed E-state index contributed by atoms with van der Waals surface area (Å²) in [7, 11) is 1.55. The number of hydrazone groups is 1. The average molecular weight is 346 g/mol. The van der Waals surface area contributed by atoms with Crippen molar-refractivity contribution in [3.8, 4) is 5.75 Å². The summed E-state index contributed by atoms with van der Waals surface area (Å²) in [6, 6.07) is 13.7. The second-order valence-electron chi connectivity index (χ2n) is 4.73. The van der Waals surface area contributed by atoms with Crippen LogP contribution in [0.1, 0.15) is 15.9 Å².